The first-order chi connectivity index (χ1) is 25.2. The van der Waals surface area contributed by atoms with Gasteiger partial charge in [0.05, 0.1) is 0 Å². The second kappa shape index (κ2) is 20.8. The Morgan fingerprint density at radius 2 is 0.442 bits per heavy atom. The molecule has 0 aliphatic rings. The zero-order valence-electron chi connectivity index (χ0n) is 28.0. The summed E-state index contributed by atoms with van der Waals surface area (Å²) in [6.45, 7) is 0. The lowest BCUT2D eigenvalue weighted by Crippen LogP contribution is -2.07. The molecule has 0 unspecified atom stereocenters. The molecule has 52 heavy (non-hydrogen) atoms. The zero-order chi connectivity index (χ0) is 36.9. The monoisotopic (exact) mass is 732 g/mol. The van der Waals surface area contributed by atoms with Crippen LogP contribution in [0, 0.1) is 0 Å². The lowest BCUT2D eigenvalue weighted by Gasteiger charge is -2.19. The smallest absolute Gasteiger partial charge is 0.386 e. The van der Waals surface area contributed by atoms with E-state index in [0.29, 0.717) is 17.2 Å². The number of hydrogen-bond acceptors (Lipinski definition) is 5. The van der Waals surface area contributed by atoms with Gasteiger partial charge < -0.3 is 28.3 Å². The highest BCUT2D eigenvalue weighted by molar-refractivity contribution is 7.49. The summed E-state index contributed by atoms with van der Waals surface area (Å²) < 4.78 is 38.5. The molecule has 0 saturated heterocycles. The number of para-hydroxylation sites is 3. The third-order valence-electron chi connectivity index (χ3n) is 6.64. The van der Waals surface area contributed by atoms with E-state index in [-0.39, 0.29) is 0 Å². The zero-order valence-corrected chi connectivity index (χ0v) is 29.8. The van der Waals surface area contributed by atoms with Crippen LogP contribution in [0.15, 0.2) is 212 Å². The van der Waals surface area contributed by atoms with Gasteiger partial charge in [-0.15, -0.1) is 0 Å². The van der Waals surface area contributed by atoms with Crippen LogP contribution in [0.4, 0.5) is 0 Å². The first-order valence-corrected chi connectivity index (χ1v) is 19.0. The van der Waals surface area contributed by atoms with Crippen LogP contribution in [-0.2, 0) is 9.13 Å². The van der Waals surface area contributed by atoms with E-state index in [0.717, 1.165) is 0 Å². The summed E-state index contributed by atoms with van der Waals surface area (Å²) in [5.41, 5.74) is 5.10. The summed E-state index contributed by atoms with van der Waals surface area (Å²) in [6, 6.07) is 67.9. The second-order valence-corrected chi connectivity index (χ2v) is 13.1. The maximum Gasteiger partial charge on any atom is 0.647 e. The number of phosphoric acid groups is 2. The maximum absolute atomic E-state index is 13.1. The van der Waals surface area contributed by atoms with Crippen LogP contribution >= 0.6 is 15.6 Å². The third kappa shape index (κ3) is 15.4. The number of benzene rings is 7. The quantitative estimate of drug-likeness (QED) is 0.132. The molecule has 3 N–H and O–H groups in total. The Kier molecular flexibility index (Phi) is 15.7. The van der Waals surface area contributed by atoms with Gasteiger partial charge in [-0.25, -0.2) is 4.57 Å². The molecule has 0 fully saturated rings. The van der Waals surface area contributed by atoms with E-state index in [2.05, 4.69) is 97.1 Å². The highest BCUT2D eigenvalue weighted by Crippen LogP contribution is 2.49. The molecule has 0 aliphatic heterocycles. The molecule has 0 aromatic heterocycles. The Morgan fingerprint density at radius 3 is 0.615 bits per heavy atom. The number of hydrogen-bond donors (Lipinski definition) is 3. The fourth-order valence-electron chi connectivity index (χ4n) is 4.41. The average Bonchev–Trinajstić information content (AvgIpc) is 3.17. The van der Waals surface area contributed by atoms with Crippen molar-refractivity contribution in [3.05, 3.63) is 212 Å². The molecule has 8 nitrogen and oxygen atoms in total. The molecule has 264 valence electrons. The standard InChI is InChI=1S/C18H15O4P.2C12H10.H3O4P/c19-23(20-16-10-4-1-5-11-16,21-17-12-6-2-7-13-17)22-18-14-8-3-9-15-18;2*1-3-7-11(8-4-1)12-9-5-2-6-10-12;1-5(2,3)4/h1-15H;2*1-10H;(H3,1,2,3,4). The van der Waals surface area contributed by atoms with Crippen LogP contribution in [0.5, 0.6) is 17.2 Å². The lowest BCUT2D eigenvalue weighted by molar-refractivity contribution is 0.275. The highest BCUT2D eigenvalue weighted by atomic mass is 31.2. The van der Waals surface area contributed by atoms with Crippen molar-refractivity contribution in [3.8, 4) is 39.5 Å². The molecule has 10 heteroatoms. The van der Waals surface area contributed by atoms with Crippen molar-refractivity contribution in [2.24, 2.45) is 0 Å². The predicted molar refractivity (Wildman–Crippen MR) is 207 cm³/mol. The van der Waals surface area contributed by atoms with Crippen molar-refractivity contribution in [2.45, 2.75) is 0 Å². The molecule has 7 aromatic rings. The molecule has 0 radical (unpaired) electrons. The van der Waals surface area contributed by atoms with Crippen LogP contribution in [0.3, 0.4) is 0 Å². The SMILES string of the molecule is O=P(O)(O)O.O=P(Oc1ccccc1)(Oc1ccccc1)Oc1ccccc1.c1ccc(-c2ccccc2)cc1.c1ccc(-c2ccccc2)cc1. The van der Waals surface area contributed by atoms with Gasteiger partial charge in [0.1, 0.15) is 17.2 Å². The van der Waals surface area contributed by atoms with E-state index in [4.69, 9.17) is 32.8 Å². The van der Waals surface area contributed by atoms with E-state index < -0.39 is 15.6 Å². The summed E-state index contributed by atoms with van der Waals surface area (Å²) in [4.78, 5) is 21.6. The molecule has 0 saturated carbocycles. The van der Waals surface area contributed by atoms with Crippen molar-refractivity contribution in [3.63, 3.8) is 0 Å². The van der Waals surface area contributed by atoms with Crippen LogP contribution in [0.25, 0.3) is 22.3 Å². The van der Waals surface area contributed by atoms with Gasteiger partial charge in [-0.05, 0) is 58.7 Å². The average molecular weight is 733 g/mol. The largest absolute Gasteiger partial charge is 0.647 e. The molecule has 0 amide bonds. The normalized spacial score (nSPS) is 10.4. The van der Waals surface area contributed by atoms with Gasteiger partial charge in [-0.3, -0.25) is 0 Å². The predicted octanol–water partition coefficient (Wildman–Crippen LogP) is 11.1. The van der Waals surface area contributed by atoms with Gasteiger partial charge in [0, 0.05) is 0 Å². The van der Waals surface area contributed by atoms with E-state index in [1.54, 1.807) is 72.8 Å². The van der Waals surface area contributed by atoms with E-state index in [9.17, 15) is 4.57 Å². The van der Waals surface area contributed by atoms with Crippen molar-refractivity contribution < 1.29 is 37.4 Å². The van der Waals surface area contributed by atoms with Crippen molar-refractivity contribution in [1.82, 2.24) is 0 Å². The van der Waals surface area contributed by atoms with Crippen LogP contribution in [0.2, 0.25) is 0 Å². The Bertz CT molecular complexity index is 1800. The Labute approximate surface area is 304 Å². The number of phosphoric ester groups is 1. The van der Waals surface area contributed by atoms with Crippen molar-refractivity contribution >= 4 is 15.6 Å². The van der Waals surface area contributed by atoms with Gasteiger partial charge in [-0.1, -0.05) is 176 Å². The molecule has 7 rings (SSSR count). The van der Waals surface area contributed by atoms with Gasteiger partial charge in [-0.2, -0.15) is 4.57 Å². The summed E-state index contributed by atoms with van der Waals surface area (Å²) in [5, 5.41) is 0. The molecule has 0 spiro atoms. The van der Waals surface area contributed by atoms with E-state index >= 15 is 0 Å². The lowest BCUT2D eigenvalue weighted by atomic mass is 10.1. The van der Waals surface area contributed by atoms with Crippen molar-refractivity contribution in [2.75, 3.05) is 0 Å². The minimum Gasteiger partial charge on any atom is -0.386 e. The van der Waals surface area contributed by atoms with Crippen molar-refractivity contribution in [1.29, 1.82) is 0 Å². The molecular formula is C42H38O8P2. The molecule has 0 atom stereocenters. The summed E-state index contributed by atoms with van der Waals surface area (Å²) in [6.07, 6.45) is 0. The molecule has 0 aliphatic carbocycles. The van der Waals surface area contributed by atoms with Gasteiger partial charge in [0.25, 0.3) is 0 Å². The summed E-state index contributed by atoms with van der Waals surface area (Å²) >= 11 is 0. The minimum absolute atomic E-state index is 0.405. The topological polar surface area (TPSA) is 123 Å². The molecule has 0 bridgehead atoms. The molecular weight excluding hydrogens is 694 g/mol. The van der Waals surface area contributed by atoms with E-state index in [1.807, 2.05) is 42.5 Å². The number of rotatable bonds is 8. The van der Waals surface area contributed by atoms with Gasteiger partial charge in [0.2, 0.25) is 0 Å². The molecule has 7 aromatic carbocycles. The first-order valence-electron chi connectivity index (χ1n) is 16.0. The van der Waals surface area contributed by atoms with Crippen LogP contribution in [0.1, 0.15) is 0 Å². The first kappa shape index (κ1) is 39.1. The fraction of sp³-hybridized carbons (Fsp3) is 0. The van der Waals surface area contributed by atoms with Gasteiger partial charge >= 0.3 is 15.6 Å². The Balaban J connectivity index is 0.000000176. The minimum atomic E-state index is -4.64. The fourth-order valence-corrected chi connectivity index (χ4v) is 5.66. The van der Waals surface area contributed by atoms with E-state index in [1.165, 1.54) is 22.3 Å². The Morgan fingerprint density at radius 1 is 0.288 bits per heavy atom. The summed E-state index contributed by atoms with van der Waals surface area (Å²) in [5.74, 6) is 1.22. The maximum atomic E-state index is 13.1. The second-order valence-electron chi connectivity index (χ2n) is 10.6. The highest BCUT2D eigenvalue weighted by Gasteiger charge is 2.33. The van der Waals surface area contributed by atoms with Crippen LogP contribution in [-0.4, -0.2) is 14.7 Å². The van der Waals surface area contributed by atoms with Crippen LogP contribution < -0.4 is 13.6 Å². The Hall–Kier alpha value is -5.72. The van der Waals surface area contributed by atoms with Gasteiger partial charge in [0.15, 0.2) is 0 Å². The third-order valence-corrected chi connectivity index (χ3v) is 7.95. The summed E-state index contributed by atoms with van der Waals surface area (Å²) in [7, 11) is -8.52. The molecule has 0 heterocycles.